The lowest BCUT2D eigenvalue weighted by atomic mass is 9.59. The van der Waals surface area contributed by atoms with E-state index in [2.05, 4.69) is 70.6 Å². The molecule has 0 amide bonds. The molecule has 3 N–H and O–H groups in total. The largest absolute Gasteiger partial charge is 0.508 e. The van der Waals surface area contributed by atoms with Crippen LogP contribution in [0.15, 0.2) is 48.3 Å². The lowest BCUT2D eigenvalue weighted by molar-refractivity contribution is 0.0397. The first-order valence-corrected chi connectivity index (χ1v) is 10.2. The van der Waals surface area contributed by atoms with Crippen LogP contribution < -0.4 is 0 Å². The number of phenols is 1. The summed E-state index contributed by atoms with van der Waals surface area (Å²) in [6, 6.07) is 8.27. The van der Waals surface area contributed by atoms with Crippen molar-refractivity contribution < 1.29 is 5.11 Å². The number of likely N-dealkylation sites (tertiary alicyclic amines) is 1. The summed E-state index contributed by atoms with van der Waals surface area (Å²) in [5.41, 5.74) is 4.42. The molecule has 3 unspecified atom stereocenters. The molecule has 1 aromatic heterocycles. The molecule has 2 aromatic rings. The number of aromatic amines is 2. The lowest BCUT2D eigenvalue weighted by Crippen LogP contribution is -2.57. The maximum Gasteiger partial charge on any atom is 0.115 e. The zero-order valence-corrected chi connectivity index (χ0v) is 17.8. The number of H-pyrrole nitrogens is 2. The fourth-order valence-corrected chi connectivity index (χ4v) is 4.49. The van der Waals surface area contributed by atoms with Crippen molar-refractivity contribution in [3.8, 4) is 5.75 Å². The first-order chi connectivity index (χ1) is 13.9. The zero-order valence-electron chi connectivity index (χ0n) is 17.8. The molecule has 1 aliphatic heterocycles. The zero-order chi connectivity index (χ0) is 20.9. The quantitative estimate of drug-likeness (QED) is 0.675. The first kappa shape index (κ1) is 21.0. The Morgan fingerprint density at radius 2 is 2.14 bits per heavy atom. The summed E-state index contributed by atoms with van der Waals surface area (Å²) < 4.78 is 0. The van der Waals surface area contributed by atoms with E-state index in [1.54, 1.807) is 12.3 Å². The van der Waals surface area contributed by atoms with Gasteiger partial charge in [0.1, 0.15) is 5.75 Å². The van der Waals surface area contributed by atoms with Gasteiger partial charge in [0.05, 0.1) is 12.4 Å². The molecule has 4 rings (SSSR count). The van der Waals surface area contributed by atoms with Gasteiger partial charge in [0.15, 0.2) is 0 Å². The van der Waals surface area contributed by atoms with E-state index in [-0.39, 0.29) is 5.41 Å². The number of nitrogens with one attached hydrogen (secondary N) is 2. The molecule has 1 aliphatic carbocycles. The summed E-state index contributed by atoms with van der Waals surface area (Å²) in [5, 5.41) is 25.1. The van der Waals surface area contributed by atoms with E-state index in [0.717, 1.165) is 19.5 Å². The molecule has 2 bridgehead atoms. The first-order valence-electron chi connectivity index (χ1n) is 10.2. The van der Waals surface area contributed by atoms with Crippen LogP contribution in [0, 0.1) is 5.92 Å². The molecule has 2 aliphatic rings. The topological polar surface area (TPSA) is 93.7 Å². The molecule has 1 saturated heterocycles. The Morgan fingerprint density at radius 1 is 1.31 bits per heavy atom. The molecule has 1 aromatic carbocycles. The summed E-state index contributed by atoms with van der Waals surface area (Å²) >= 11 is 0. The maximum atomic E-state index is 9.87. The third-order valence-electron chi connectivity index (χ3n) is 6.38. The fraction of sp³-hybridized carbons (Fsp3) is 0.500. The van der Waals surface area contributed by atoms with E-state index >= 15 is 0 Å². The molecule has 1 fully saturated rings. The predicted molar refractivity (Wildman–Crippen MR) is 114 cm³/mol. The number of hydrogen-bond acceptors (Lipinski definition) is 5. The van der Waals surface area contributed by atoms with Crippen molar-refractivity contribution in [3.05, 3.63) is 59.4 Å². The SMILES string of the molecule is CC(C)=CCN1CCC2(C)c3cc(O)ccc3CC1C2C.c1cnn[nH][nH]nc1. The summed E-state index contributed by atoms with van der Waals surface area (Å²) in [4.78, 5) is 2.65. The van der Waals surface area contributed by atoms with Crippen molar-refractivity contribution in [2.45, 2.75) is 52.0 Å². The van der Waals surface area contributed by atoms with Crippen LogP contribution >= 0.6 is 0 Å². The number of fused-ring (bicyclic) bond motifs is 4. The highest BCUT2D eigenvalue weighted by atomic mass is 16.3. The molecule has 2 heterocycles. The van der Waals surface area contributed by atoms with Crippen molar-refractivity contribution in [2.75, 3.05) is 13.1 Å². The Kier molecular flexibility index (Phi) is 6.69. The number of aromatic hydroxyl groups is 1. The van der Waals surface area contributed by atoms with Crippen molar-refractivity contribution in [1.82, 2.24) is 30.7 Å². The van der Waals surface area contributed by atoms with Crippen molar-refractivity contribution in [3.63, 3.8) is 0 Å². The number of hydrogen-bond donors (Lipinski definition) is 3. The third-order valence-corrected chi connectivity index (χ3v) is 6.38. The second kappa shape index (κ2) is 9.22. The van der Waals surface area contributed by atoms with Crippen LogP contribution in [0.4, 0.5) is 0 Å². The minimum Gasteiger partial charge on any atom is -0.508 e. The molecular formula is C22H32N6O. The minimum atomic E-state index is 0.207. The monoisotopic (exact) mass is 396 g/mol. The van der Waals surface area contributed by atoms with Crippen LogP contribution in [0.5, 0.6) is 5.75 Å². The Labute approximate surface area is 172 Å². The molecule has 0 saturated carbocycles. The van der Waals surface area contributed by atoms with Gasteiger partial charge < -0.3 is 5.11 Å². The highest BCUT2D eigenvalue weighted by Crippen LogP contribution is 2.49. The normalized spacial score (nSPS) is 25.1. The van der Waals surface area contributed by atoms with E-state index in [0.29, 0.717) is 17.7 Å². The average Bonchev–Trinajstić information content (AvgIpc) is 2.64. The van der Waals surface area contributed by atoms with Gasteiger partial charge >= 0.3 is 0 Å². The van der Waals surface area contributed by atoms with Gasteiger partial charge in [0, 0.05) is 12.6 Å². The van der Waals surface area contributed by atoms with E-state index in [9.17, 15) is 5.11 Å². The highest BCUT2D eigenvalue weighted by molar-refractivity contribution is 5.44. The van der Waals surface area contributed by atoms with E-state index < -0.39 is 0 Å². The van der Waals surface area contributed by atoms with Gasteiger partial charge in [-0.1, -0.05) is 36.8 Å². The standard InChI is InChI=1S/C19H27NO.C3H5N5/c1-13(2)7-9-20-10-8-19(4)14(3)18(20)11-15-5-6-16(21)12-17(15)19;1-2-4-6-8-7-5-3-1/h5-7,12,14,18,21H,8-11H2,1-4H3;1-3H,(H,6,7)(H,4,5,8). The van der Waals surface area contributed by atoms with Crippen molar-refractivity contribution in [1.29, 1.82) is 0 Å². The van der Waals surface area contributed by atoms with Crippen molar-refractivity contribution >= 4 is 0 Å². The lowest BCUT2D eigenvalue weighted by Gasteiger charge is -2.54. The number of piperidine rings is 1. The molecule has 0 radical (unpaired) electrons. The molecule has 7 nitrogen and oxygen atoms in total. The van der Waals surface area contributed by atoms with Crippen LogP contribution in [0.1, 0.15) is 45.2 Å². The van der Waals surface area contributed by atoms with Crippen molar-refractivity contribution in [2.24, 2.45) is 5.92 Å². The Balaban J connectivity index is 0.000000252. The van der Waals surface area contributed by atoms with Crippen LogP contribution in [0.2, 0.25) is 0 Å². The number of benzene rings is 1. The fourth-order valence-electron chi connectivity index (χ4n) is 4.49. The van der Waals surface area contributed by atoms with Gasteiger partial charge in [-0.3, -0.25) is 4.90 Å². The minimum absolute atomic E-state index is 0.207. The van der Waals surface area contributed by atoms with Crippen LogP contribution in [-0.4, -0.2) is 55.0 Å². The predicted octanol–water partition coefficient (Wildman–Crippen LogP) is 3.53. The van der Waals surface area contributed by atoms with Gasteiger partial charge in [-0.25, -0.2) is 5.21 Å². The van der Waals surface area contributed by atoms with Crippen LogP contribution in [-0.2, 0) is 11.8 Å². The number of rotatable bonds is 2. The summed E-state index contributed by atoms with van der Waals surface area (Å²) in [6.45, 7) is 11.4. The molecule has 29 heavy (non-hydrogen) atoms. The molecule has 3 atom stereocenters. The van der Waals surface area contributed by atoms with Gasteiger partial charge in [0.2, 0.25) is 0 Å². The Bertz CT molecular complexity index is 819. The van der Waals surface area contributed by atoms with Crippen LogP contribution in [0.25, 0.3) is 0 Å². The van der Waals surface area contributed by atoms with Gasteiger partial charge in [-0.05, 0) is 73.9 Å². The van der Waals surface area contributed by atoms with Gasteiger partial charge in [-0.2, -0.15) is 10.3 Å². The number of aromatic nitrogens is 5. The average molecular weight is 397 g/mol. The van der Waals surface area contributed by atoms with Gasteiger partial charge in [0.25, 0.3) is 0 Å². The Morgan fingerprint density at radius 3 is 2.93 bits per heavy atom. The molecule has 7 heteroatoms. The smallest absolute Gasteiger partial charge is 0.115 e. The van der Waals surface area contributed by atoms with Gasteiger partial charge in [-0.15, -0.1) is 5.10 Å². The summed E-state index contributed by atoms with van der Waals surface area (Å²) in [5.74, 6) is 1.04. The number of phenolic OH excluding ortho intramolecular Hbond substituents is 1. The van der Waals surface area contributed by atoms with Crippen LogP contribution in [0.3, 0.4) is 0 Å². The second-order valence-corrected chi connectivity index (χ2v) is 8.40. The van der Waals surface area contributed by atoms with E-state index in [1.165, 1.54) is 29.3 Å². The Hall–Kier alpha value is -2.67. The summed E-state index contributed by atoms with van der Waals surface area (Å²) in [7, 11) is 0. The molecular weight excluding hydrogens is 364 g/mol. The maximum absolute atomic E-state index is 9.87. The molecule has 156 valence electrons. The van der Waals surface area contributed by atoms with E-state index in [1.807, 2.05) is 12.1 Å². The molecule has 0 spiro atoms. The number of nitrogens with zero attached hydrogens (tertiary/aromatic N) is 4. The highest BCUT2D eigenvalue weighted by Gasteiger charge is 2.48. The third kappa shape index (κ3) is 4.85. The number of allylic oxidation sites excluding steroid dienone is 1. The second-order valence-electron chi connectivity index (χ2n) is 8.40. The summed E-state index contributed by atoms with van der Waals surface area (Å²) in [6.07, 6.45) is 7.73. The van der Waals surface area contributed by atoms with E-state index in [4.69, 9.17) is 0 Å².